The molecule has 114 valence electrons. The van der Waals surface area contributed by atoms with E-state index in [0.29, 0.717) is 25.6 Å². The normalized spacial score (nSPS) is 18.0. The maximum Gasteiger partial charge on any atom is 0.152 e. The van der Waals surface area contributed by atoms with Crippen LogP contribution in [0, 0.1) is 0 Å². The van der Waals surface area contributed by atoms with Gasteiger partial charge < -0.3 is 20.8 Å². The lowest BCUT2D eigenvalue weighted by Gasteiger charge is -2.26. The second-order valence-corrected chi connectivity index (χ2v) is 5.71. The predicted molar refractivity (Wildman–Crippen MR) is 86.4 cm³/mol. The van der Waals surface area contributed by atoms with E-state index in [2.05, 4.69) is 20.6 Å². The molecule has 2 aromatic heterocycles. The van der Waals surface area contributed by atoms with Gasteiger partial charge in [-0.15, -0.1) is 0 Å². The fourth-order valence-corrected chi connectivity index (χ4v) is 3.29. The summed E-state index contributed by atoms with van der Waals surface area (Å²) in [5, 5.41) is 1.09. The third-order valence-corrected chi connectivity index (χ3v) is 4.27. The maximum atomic E-state index is 6.13. The molecule has 6 nitrogen and oxygen atoms in total. The summed E-state index contributed by atoms with van der Waals surface area (Å²) in [5.74, 6) is 1.40. The predicted octanol–water partition coefficient (Wildman–Crippen LogP) is 1.98. The van der Waals surface area contributed by atoms with Crippen LogP contribution in [0.5, 0.6) is 0 Å². The third kappa shape index (κ3) is 1.95. The van der Waals surface area contributed by atoms with Crippen molar-refractivity contribution in [3.8, 4) is 0 Å². The molecule has 4 N–H and O–H groups in total. The van der Waals surface area contributed by atoms with Crippen molar-refractivity contribution in [1.82, 2.24) is 14.5 Å². The van der Waals surface area contributed by atoms with E-state index in [1.807, 2.05) is 18.2 Å². The Bertz CT molecular complexity index is 841. The third-order valence-electron chi connectivity index (χ3n) is 4.27. The monoisotopic (exact) mass is 297 g/mol. The average Bonchev–Trinajstić information content (AvgIpc) is 2.94. The molecule has 1 aliphatic rings. The van der Waals surface area contributed by atoms with Gasteiger partial charge in [-0.2, -0.15) is 0 Å². The summed E-state index contributed by atoms with van der Waals surface area (Å²) < 4.78 is 7.99. The van der Waals surface area contributed by atoms with Gasteiger partial charge in [-0.1, -0.05) is 18.2 Å². The smallest absolute Gasteiger partial charge is 0.152 e. The van der Waals surface area contributed by atoms with Crippen LogP contribution in [0.3, 0.4) is 0 Å². The molecule has 6 heteroatoms. The van der Waals surface area contributed by atoms with E-state index in [9.17, 15) is 0 Å². The fraction of sp³-hybridized carbons (Fsp3) is 0.375. The number of anilines is 1. The van der Waals surface area contributed by atoms with Gasteiger partial charge in [0.1, 0.15) is 17.9 Å². The Morgan fingerprint density at radius 2 is 2.14 bits per heavy atom. The van der Waals surface area contributed by atoms with Crippen LogP contribution in [-0.2, 0) is 11.3 Å². The van der Waals surface area contributed by atoms with Crippen molar-refractivity contribution in [2.45, 2.75) is 25.5 Å². The van der Waals surface area contributed by atoms with Gasteiger partial charge in [0.2, 0.25) is 0 Å². The van der Waals surface area contributed by atoms with Gasteiger partial charge in [0, 0.05) is 5.39 Å². The molecule has 0 saturated heterocycles. The standard InChI is InChI=1S/C16H19N5O/c17-7-3-4-10-8-22-9-13-20-14-15(21(10)13)11-5-1-2-6-12(11)19-16(14)18/h1-2,5-6,10H,3-4,7-9,17H2,(H2,18,19). The average molecular weight is 297 g/mol. The minimum Gasteiger partial charge on any atom is -0.382 e. The van der Waals surface area contributed by atoms with Crippen LogP contribution in [0.1, 0.15) is 24.7 Å². The number of ether oxygens (including phenoxy) is 1. The first-order chi connectivity index (χ1) is 10.8. The second-order valence-electron chi connectivity index (χ2n) is 5.71. The van der Waals surface area contributed by atoms with E-state index in [1.165, 1.54) is 0 Å². The summed E-state index contributed by atoms with van der Waals surface area (Å²) in [6.45, 7) is 1.89. The first-order valence-electron chi connectivity index (χ1n) is 7.62. The Kier molecular flexibility index (Phi) is 3.20. The highest BCUT2D eigenvalue weighted by atomic mass is 16.5. The van der Waals surface area contributed by atoms with Crippen LogP contribution < -0.4 is 11.5 Å². The van der Waals surface area contributed by atoms with Gasteiger partial charge in [0.25, 0.3) is 0 Å². The van der Waals surface area contributed by atoms with Crippen LogP contribution in [0.4, 0.5) is 5.82 Å². The van der Waals surface area contributed by atoms with E-state index in [1.54, 1.807) is 0 Å². The molecule has 0 fully saturated rings. The van der Waals surface area contributed by atoms with Crippen LogP contribution in [0.15, 0.2) is 24.3 Å². The van der Waals surface area contributed by atoms with Crippen LogP contribution in [0.25, 0.3) is 21.9 Å². The van der Waals surface area contributed by atoms with Gasteiger partial charge >= 0.3 is 0 Å². The molecular weight excluding hydrogens is 278 g/mol. The molecule has 3 heterocycles. The highest BCUT2D eigenvalue weighted by Crippen LogP contribution is 2.34. The molecule has 3 aromatic rings. The van der Waals surface area contributed by atoms with E-state index >= 15 is 0 Å². The molecule has 0 aliphatic carbocycles. The first kappa shape index (κ1) is 13.5. The zero-order valence-electron chi connectivity index (χ0n) is 12.3. The largest absolute Gasteiger partial charge is 0.382 e. The summed E-state index contributed by atoms with van der Waals surface area (Å²) >= 11 is 0. The Balaban J connectivity index is 2.02. The zero-order chi connectivity index (χ0) is 15.1. The Morgan fingerprint density at radius 1 is 1.27 bits per heavy atom. The summed E-state index contributed by atoms with van der Waals surface area (Å²) in [6, 6.07) is 8.31. The molecule has 0 radical (unpaired) electrons. The summed E-state index contributed by atoms with van der Waals surface area (Å²) in [6.07, 6.45) is 1.94. The minimum atomic E-state index is 0.252. The number of para-hydroxylation sites is 1. The van der Waals surface area contributed by atoms with E-state index in [4.69, 9.17) is 16.2 Å². The van der Waals surface area contributed by atoms with Gasteiger partial charge in [0.15, 0.2) is 5.82 Å². The molecule has 0 amide bonds. The fourth-order valence-electron chi connectivity index (χ4n) is 3.29. The summed E-state index contributed by atoms with van der Waals surface area (Å²) in [4.78, 5) is 9.16. The van der Waals surface area contributed by atoms with Crippen molar-refractivity contribution < 1.29 is 4.74 Å². The minimum absolute atomic E-state index is 0.252. The summed E-state index contributed by atoms with van der Waals surface area (Å²) in [7, 11) is 0. The number of nitrogens with zero attached hydrogens (tertiary/aromatic N) is 3. The number of rotatable bonds is 3. The number of hydrogen-bond acceptors (Lipinski definition) is 5. The van der Waals surface area contributed by atoms with Gasteiger partial charge in [-0.3, -0.25) is 0 Å². The molecule has 1 atom stereocenters. The molecule has 0 saturated carbocycles. The van der Waals surface area contributed by atoms with Crippen molar-refractivity contribution in [2.24, 2.45) is 5.73 Å². The topological polar surface area (TPSA) is 92.0 Å². The number of fused-ring (bicyclic) bond motifs is 5. The number of hydrogen-bond donors (Lipinski definition) is 2. The van der Waals surface area contributed by atoms with Crippen molar-refractivity contribution in [3.63, 3.8) is 0 Å². The number of aromatic nitrogens is 3. The van der Waals surface area contributed by atoms with Crippen molar-refractivity contribution in [1.29, 1.82) is 0 Å². The quantitative estimate of drug-likeness (QED) is 0.771. The highest BCUT2D eigenvalue weighted by Gasteiger charge is 2.26. The lowest BCUT2D eigenvalue weighted by atomic mass is 10.1. The lowest BCUT2D eigenvalue weighted by Crippen LogP contribution is -2.24. The molecule has 0 spiro atoms. The van der Waals surface area contributed by atoms with E-state index in [-0.39, 0.29) is 6.04 Å². The van der Waals surface area contributed by atoms with E-state index < -0.39 is 0 Å². The highest BCUT2D eigenvalue weighted by molar-refractivity contribution is 6.06. The Labute approximate surface area is 128 Å². The molecule has 22 heavy (non-hydrogen) atoms. The summed E-state index contributed by atoms with van der Waals surface area (Å²) in [5.41, 5.74) is 14.6. The van der Waals surface area contributed by atoms with Crippen LogP contribution >= 0.6 is 0 Å². The Hall–Kier alpha value is -2.18. The van der Waals surface area contributed by atoms with Crippen molar-refractivity contribution in [2.75, 3.05) is 18.9 Å². The molecule has 1 aliphatic heterocycles. The van der Waals surface area contributed by atoms with Gasteiger partial charge in [0.05, 0.1) is 23.7 Å². The first-order valence-corrected chi connectivity index (χ1v) is 7.62. The second kappa shape index (κ2) is 5.23. The molecule has 4 rings (SSSR count). The number of pyridine rings is 1. The maximum absolute atomic E-state index is 6.13. The Morgan fingerprint density at radius 3 is 3.00 bits per heavy atom. The zero-order valence-corrected chi connectivity index (χ0v) is 12.3. The molecule has 1 unspecified atom stereocenters. The SMILES string of the molecule is NCCCC1COCc2nc3c(N)nc4ccccc4c3n21. The lowest BCUT2D eigenvalue weighted by molar-refractivity contribution is 0.0535. The van der Waals surface area contributed by atoms with Crippen molar-refractivity contribution in [3.05, 3.63) is 30.1 Å². The number of nitrogen functional groups attached to an aromatic ring is 1. The van der Waals surface area contributed by atoms with E-state index in [0.717, 1.165) is 40.6 Å². The number of nitrogens with two attached hydrogens (primary N) is 2. The number of imidazole rings is 1. The molecule has 1 aromatic carbocycles. The van der Waals surface area contributed by atoms with Crippen molar-refractivity contribution >= 4 is 27.8 Å². The molecule has 0 bridgehead atoms. The van der Waals surface area contributed by atoms with Crippen LogP contribution in [-0.4, -0.2) is 27.7 Å². The van der Waals surface area contributed by atoms with Crippen LogP contribution in [0.2, 0.25) is 0 Å². The van der Waals surface area contributed by atoms with Gasteiger partial charge in [-0.05, 0) is 25.5 Å². The number of benzene rings is 1. The molecular formula is C16H19N5O. The van der Waals surface area contributed by atoms with Gasteiger partial charge in [-0.25, -0.2) is 9.97 Å².